The van der Waals surface area contributed by atoms with Gasteiger partial charge in [-0.25, -0.2) is 0 Å². The van der Waals surface area contributed by atoms with Gasteiger partial charge in [-0.2, -0.15) is 0 Å². The number of benzene rings is 9. The lowest BCUT2D eigenvalue weighted by molar-refractivity contribution is 1.19. The molecule has 0 saturated carbocycles. The first-order valence-electron chi connectivity index (χ1n) is 18.5. The Kier molecular flexibility index (Phi) is 7.85. The van der Waals surface area contributed by atoms with Gasteiger partial charge in [0, 0.05) is 38.9 Å². The maximum absolute atomic E-state index is 2.44. The maximum atomic E-state index is 2.44. The van der Waals surface area contributed by atoms with Crippen molar-refractivity contribution in [3.63, 3.8) is 0 Å². The topological polar surface area (TPSA) is 8.17 Å². The molecule has 1 aromatic heterocycles. The predicted octanol–water partition coefficient (Wildman–Crippen LogP) is 14.4. The minimum Gasteiger partial charge on any atom is -0.310 e. The lowest BCUT2D eigenvalue weighted by Gasteiger charge is -2.26. The average Bonchev–Trinajstić information content (AvgIpc) is 3.61. The van der Waals surface area contributed by atoms with Gasteiger partial charge in [0.25, 0.3) is 0 Å². The van der Waals surface area contributed by atoms with Gasteiger partial charge in [-0.05, 0) is 99.4 Å². The summed E-state index contributed by atoms with van der Waals surface area (Å²) in [6.45, 7) is 0. The molecule has 0 fully saturated rings. The van der Waals surface area contributed by atoms with E-state index in [4.69, 9.17) is 0 Å². The summed E-state index contributed by atoms with van der Waals surface area (Å²) in [5.74, 6) is 0. The van der Waals surface area contributed by atoms with Crippen LogP contribution in [-0.2, 0) is 0 Å². The number of anilines is 3. The van der Waals surface area contributed by atoms with Gasteiger partial charge in [0.2, 0.25) is 0 Å². The van der Waals surface area contributed by atoms with Crippen molar-refractivity contribution < 1.29 is 0 Å². The van der Waals surface area contributed by atoms with E-state index in [-0.39, 0.29) is 0 Å². The third-order valence-corrected chi connectivity index (χ3v) is 10.6. The molecule has 0 unspecified atom stereocenters. The Bertz CT molecular complexity index is 2890. The summed E-state index contributed by atoms with van der Waals surface area (Å²) in [7, 11) is 0. The van der Waals surface area contributed by atoms with Gasteiger partial charge < -0.3 is 9.47 Å². The van der Waals surface area contributed by atoms with Crippen LogP contribution in [0, 0.1) is 0 Å². The highest BCUT2D eigenvalue weighted by Gasteiger charge is 2.20. The van der Waals surface area contributed by atoms with Gasteiger partial charge in [-0.1, -0.05) is 158 Å². The van der Waals surface area contributed by atoms with Gasteiger partial charge in [-0.3, -0.25) is 0 Å². The van der Waals surface area contributed by atoms with Crippen molar-refractivity contribution >= 4 is 49.6 Å². The van der Waals surface area contributed by atoms with Crippen LogP contribution in [0.1, 0.15) is 0 Å². The van der Waals surface area contributed by atoms with Crippen LogP contribution in [0.15, 0.2) is 218 Å². The van der Waals surface area contributed by atoms with Gasteiger partial charge >= 0.3 is 0 Å². The summed E-state index contributed by atoms with van der Waals surface area (Å²) < 4.78 is 2.44. The molecule has 0 N–H and O–H groups in total. The fraction of sp³-hybridized carbons (Fsp3) is 0. The number of aromatic nitrogens is 1. The summed E-state index contributed by atoms with van der Waals surface area (Å²) in [4.78, 5) is 2.36. The van der Waals surface area contributed by atoms with Crippen molar-refractivity contribution in [1.29, 1.82) is 0 Å². The van der Waals surface area contributed by atoms with Crippen molar-refractivity contribution in [3.8, 4) is 39.1 Å². The van der Waals surface area contributed by atoms with Crippen molar-refractivity contribution in [1.82, 2.24) is 4.57 Å². The molecule has 0 saturated heterocycles. The number of hydrogen-bond acceptors (Lipinski definition) is 1. The summed E-state index contributed by atoms with van der Waals surface area (Å²) in [5.41, 5.74) is 14.1. The van der Waals surface area contributed by atoms with Gasteiger partial charge in [0.15, 0.2) is 0 Å². The second kappa shape index (κ2) is 13.4. The number of hydrogen-bond donors (Lipinski definition) is 0. The Hall–Kier alpha value is -7.16. The maximum Gasteiger partial charge on any atom is 0.0625 e. The first kappa shape index (κ1) is 31.6. The predicted molar refractivity (Wildman–Crippen MR) is 229 cm³/mol. The third kappa shape index (κ3) is 5.53. The highest BCUT2D eigenvalue weighted by molar-refractivity contribution is 6.24. The van der Waals surface area contributed by atoms with E-state index < -0.39 is 0 Å². The zero-order valence-electron chi connectivity index (χ0n) is 29.7. The van der Waals surface area contributed by atoms with Crippen molar-refractivity contribution in [2.24, 2.45) is 0 Å². The largest absolute Gasteiger partial charge is 0.310 e. The van der Waals surface area contributed by atoms with E-state index in [0.717, 1.165) is 22.7 Å². The van der Waals surface area contributed by atoms with Gasteiger partial charge in [-0.15, -0.1) is 0 Å². The quantitative estimate of drug-likeness (QED) is 0.162. The van der Waals surface area contributed by atoms with Crippen molar-refractivity contribution in [3.05, 3.63) is 218 Å². The Labute approximate surface area is 315 Å². The number of rotatable bonds is 7. The fourth-order valence-electron chi connectivity index (χ4n) is 8.03. The monoisotopic (exact) mass is 688 g/mol. The molecule has 0 spiro atoms. The molecule has 0 aliphatic rings. The second-order valence-corrected chi connectivity index (χ2v) is 13.8. The first-order valence-corrected chi connectivity index (χ1v) is 18.5. The Morgan fingerprint density at radius 3 is 1.54 bits per heavy atom. The van der Waals surface area contributed by atoms with Crippen molar-refractivity contribution in [2.75, 3.05) is 4.90 Å². The molecular weight excluding hydrogens is 653 g/mol. The van der Waals surface area contributed by atoms with E-state index in [1.807, 2.05) is 0 Å². The number of para-hydroxylation sites is 3. The van der Waals surface area contributed by atoms with Crippen LogP contribution in [-0.4, -0.2) is 4.57 Å². The van der Waals surface area contributed by atoms with E-state index in [1.165, 1.54) is 66.0 Å². The van der Waals surface area contributed by atoms with Crippen LogP contribution < -0.4 is 4.90 Å². The highest BCUT2D eigenvalue weighted by Crippen LogP contribution is 2.44. The average molecular weight is 689 g/mol. The molecule has 10 aromatic rings. The van der Waals surface area contributed by atoms with E-state index >= 15 is 0 Å². The number of fused-ring (bicyclic) bond motifs is 5. The number of nitrogens with zero attached hydrogens (tertiary/aromatic N) is 2. The van der Waals surface area contributed by atoms with E-state index in [9.17, 15) is 0 Å². The molecule has 0 atom stereocenters. The lowest BCUT2D eigenvalue weighted by Crippen LogP contribution is -2.09. The minimum atomic E-state index is 1.10. The molecule has 0 aliphatic carbocycles. The van der Waals surface area contributed by atoms with Crippen LogP contribution in [0.4, 0.5) is 17.1 Å². The van der Waals surface area contributed by atoms with Crippen molar-refractivity contribution in [2.45, 2.75) is 0 Å². The second-order valence-electron chi connectivity index (χ2n) is 13.8. The summed E-state index contributed by atoms with van der Waals surface area (Å²) >= 11 is 0. The van der Waals surface area contributed by atoms with E-state index in [0.29, 0.717) is 0 Å². The molecule has 1 heterocycles. The minimum absolute atomic E-state index is 1.10. The first-order chi connectivity index (χ1) is 26.8. The molecule has 0 bridgehead atoms. The SMILES string of the molecule is c1ccc(-c2ccc(-c3ccc(N(c4ccccc4)c4cccc(-c5cc6ccccc6c6c5c5ccccc5n6-c5ccccc5)c4)cc3)cc2)cc1. The highest BCUT2D eigenvalue weighted by atomic mass is 15.1. The Morgan fingerprint density at radius 2 is 0.833 bits per heavy atom. The van der Waals surface area contributed by atoms with E-state index in [2.05, 4.69) is 228 Å². The molecule has 54 heavy (non-hydrogen) atoms. The molecule has 2 heteroatoms. The van der Waals surface area contributed by atoms with Crippen LogP contribution >= 0.6 is 0 Å². The molecule has 2 nitrogen and oxygen atoms in total. The fourth-order valence-corrected chi connectivity index (χ4v) is 8.03. The molecule has 10 rings (SSSR count). The Balaban J connectivity index is 1.11. The normalized spacial score (nSPS) is 11.3. The van der Waals surface area contributed by atoms with Crippen LogP contribution in [0.25, 0.3) is 71.6 Å². The van der Waals surface area contributed by atoms with E-state index in [1.54, 1.807) is 0 Å². The van der Waals surface area contributed by atoms with Gasteiger partial charge in [0.1, 0.15) is 0 Å². The zero-order chi connectivity index (χ0) is 35.8. The standard InChI is InChI=1S/C52H36N2/c1-4-15-37(16-5-1)38-27-29-39(30-28-38)40-31-33-45(34-32-40)53(43-19-6-2-7-20-43)46-23-14-18-41(35-46)49-36-42-17-10-11-24-47(42)52-51(49)48-25-12-13-26-50(48)54(52)44-21-8-3-9-22-44/h1-36H. The molecule has 0 radical (unpaired) electrons. The Morgan fingerprint density at radius 1 is 0.333 bits per heavy atom. The van der Waals surface area contributed by atoms with Crippen LogP contribution in [0.3, 0.4) is 0 Å². The zero-order valence-corrected chi connectivity index (χ0v) is 29.7. The molecule has 9 aromatic carbocycles. The summed E-state index contributed by atoms with van der Waals surface area (Å²) in [5, 5.41) is 4.97. The molecule has 0 amide bonds. The van der Waals surface area contributed by atoms with Crippen LogP contribution in [0.5, 0.6) is 0 Å². The summed E-state index contributed by atoms with van der Waals surface area (Å²) in [6.07, 6.45) is 0. The smallest absolute Gasteiger partial charge is 0.0625 e. The van der Waals surface area contributed by atoms with Crippen LogP contribution in [0.2, 0.25) is 0 Å². The third-order valence-electron chi connectivity index (χ3n) is 10.6. The van der Waals surface area contributed by atoms with Gasteiger partial charge in [0.05, 0.1) is 11.0 Å². The molecular formula is C52H36N2. The molecule has 0 aliphatic heterocycles. The molecule has 254 valence electrons. The lowest BCUT2D eigenvalue weighted by atomic mass is 9.94. The summed E-state index contributed by atoms with van der Waals surface area (Å²) in [6, 6.07) is 78.8.